The molecule has 1 heterocycles. The van der Waals surface area contributed by atoms with Crippen LogP contribution in [0.3, 0.4) is 0 Å². The van der Waals surface area contributed by atoms with E-state index in [4.69, 9.17) is 0 Å². The van der Waals surface area contributed by atoms with Gasteiger partial charge in [-0.1, -0.05) is 55.5 Å². The van der Waals surface area contributed by atoms with E-state index in [0.29, 0.717) is 12.0 Å². The highest BCUT2D eigenvalue weighted by Gasteiger charge is 2.21. The Morgan fingerprint density at radius 2 is 2.00 bits per heavy atom. The van der Waals surface area contributed by atoms with Crippen LogP contribution in [0, 0.1) is 0 Å². The van der Waals surface area contributed by atoms with Crippen molar-refractivity contribution in [3.63, 3.8) is 0 Å². The van der Waals surface area contributed by atoms with E-state index >= 15 is 0 Å². The molecule has 2 nitrogen and oxygen atoms in total. The van der Waals surface area contributed by atoms with Gasteiger partial charge in [0.25, 0.3) is 0 Å². The third-order valence-corrected chi connectivity index (χ3v) is 3.63. The van der Waals surface area contributed by atoms with E-state index in [-0.39, 0.29) is 0 Å². The molecule has 0 bridgehead atoms. The molecule has 1 aromatic rings. The Kier molecular flexibility index (Phi) is 4.10. The molecule has 0 spiro atoms. The average molecular weight is 254 g/mol. The number of dihydropyridines is 1. The van der Waals surface area contributed by atoms with Gasteiger partial charge in [-0.25, -0.2) is 0 Å². The van der Waals surface area contributed by atoms with Gasteiger partial charge in [-0.15, -0.1) is 0 Å². The highest BCUT2D eigenvalue weighted by atomic mass is 15.0. The van der Waals surface area contributed by atoms with Gasteiger partial charge in [0.1, 0.15) is 0 Å². The van der Waals surface area contributed by atoms with Crippen LogP contribution < -0.4 is 10.6 Å². The molecule has 0 aliphatic carbocycles. The van der Waals surface area contributed by atoms with Gasteiger partial charge >= 0.3 is 0 Å². The lowest BCUT2D eigenvalue weighted by Crippen LogP contribution is -2.36. The topological polar surface area (TPSA) is 24.1 Å². The van der Waals surface area contributed by atoms with Gasteiger partial charge in [-0.05, 0) is 18.6 Å². The molecule has 2 rings (SSSR count). The first-order chi connectivity index (χ1) is 9.11. The molecule has 100 valence electrons. The number of rotatable bonds is 4. The molecule has 0 fully saturated rings. The zero-order valence-corrected chi connectivity index (χ0v) is 11.9. The SMILES string of the molecule is C=C(NC)C1=CC(C)=CC(C(C)c2ccccc2)N1. The molecule has 19 heavy (non-hydrogen) atoms. The molecule has 2 heteroatoms. The van der Waals surface area contributed by atoms with Crippen LogP contribution in [0.25, 0.3) is 0 Å². The fourth-order valence-corrected chi connectivity index (χ4v) is 2.36. The monoisotopic (exact) mass is 254 g/mol. The summed E-state index contributed by atoms with van der Waals surface area (Å²) in [5, 5.41) is 6.66. The minimum atomic E-state index is 0.299. The number of benzene rings is 1. The van der Waals surface area contributed by atoms with Crippen LogP contribution in [-0.2, 0) is 0 Å². The predicted octanol–water partition coefficient (Wildman–Crippen LogP) is 3.33. The second-order valence-electron chi connectivity index (χ2n) is 5.07. The Hall–Kier alpha value is -1.96. The Bertz CT molecular complexity index is 511. The first-order valence-electron chi connectivity index (χ1n) is 6.70. The normalized spacial score (nSPS) is 19.8. The summed E-state index contributed by atoms with van der Waals surface area (Å²) in [6, 6.07) is 10.9. The molecule has 0 radical (unpaired) electrons. The summed E-state index contributed by atoms with van der Waals surface area (Å²) in [5.74, 6) is 0.421. The van der Waals surface area contributed by atoms with Crippen molar-refractivity contribution >= 4 is 0 Å². The van der Waals surface area contributed by atoms with Crippen molar-refractivity contribution in [2.45, 2.75) is 25.8 Å². The van der Waals surface area contributed by atoms with Gasteiger partial charge < -0.3 is 10.6 Å². The molecular weight excluding hydrogens is 232 g/mol. The zero-order chi connectivity index (χ0) is 13.8. The quantitative estimate of drug-likeness (QED) is 0.861. The van der Waals surface area contributed by atoms with Gasteiger partial charge in [-0.3, -0.25) is 0 Å². The van der Waals surface area contributed by atoms with E-state index in [2.05, 4.69) is 73.5 Å². The number of allylic oxidation sites excluding steroid dienone is 2. The van der Waals surface area contributed by atoms with Crippen molar-refractivity contribution in [2.75, 3.05) is 7.05 Å². The van der Waals surface area contributed by atoms with E-state index in [1.54, 1.807) is 0 Å². The lowest BCUT2D eigenvalue weighted by molar-refractivity contribution is 0.563. The van der Waals surface area contributed by atoms with E-state index < -0.39 is 0 Å². The van der Waals surface area contributed by atoms with Crippen LogP contribution in [0.4, 0.5) is 0 Å². The molecule has 2 N–H and O–H groups in total. The summed E-state index contributed by atoms with van der Waals surface area (Å²) in [6.45, 7) is 8.41. The van der Waals surface area contributed by atoms with Crippen LogP contribution in [0.2, 0.25) is 0 Å². The second-order valence-corrected chi connectivity index (χ2v) is 5.07. The van der Waals surface area contributed by atoms with Crippen LogP contribution >= 0.6 is 0 Å². The second kappa shape index (κ2) is 5.79. The van der Waals surface area contributed by atoms with Gasteiger partial charge in [0.2, 0.25) is 0 Å². The Labute approximate surface area is 115 Å². The van der Waals surface area contributed by atoms with Crippen molar-refractivity contribution in [1.29, 1.82) is 0 Å². The Morgan fingerprint density at radius 1 is 1.32 bits per heavy atom. The number of likely N-dealkylation sites (N-methyl/N-ethyl adjacent to an activating group) is 1. The maximum Gasteiger partial charge on any atom is 0.0577 e. The van der Waals surface area contributed by atoms with Gasteiger partial charge in [-0.2, -0.15) is 0 Å². The first-order valence-corrected chi connectivity index (χ1v) is 6.70. The van der Waals surface area contributed by atoms with Crippen molar-refractivity contribution in [1.82, 2.24) is 10.6 Å². The van der Waals surface area contributed by atoms with Crippen LogP contribution in [0.15, 0.2) is 66.0 Å². The molecule has 0 aromatic heterocycles. The number of hydrogen-bond donors (Lipinski definition) is 2. The molecule has 1 aliphatic rings. The van der Waals surface area contributed by atoms with Crippen molar-refractivity contribution in [3.05, 3.63) is 71.6 Å². The van der Waals surface area contributed by atoms with E-state index in [9.17, 15) is 0 Å². The Balaban J connectivity index is 2.19. The fourth-order valence-electron chi connectivity index (χ4n) is 2.36. The van der Waals surface area contributed by atoms with E-state index in [0.717, 1.165) is 11.4 Å². The smallest absolute Gasteiger partial charge is 0.0577 e. The van der Waals surface area contributed by atoms with Crippen LogP contribution in [0.1, 0.15) is 25.3 Å². The third kappa shape index (κ3) is 3.08. The predicted molar refractivity (Wildman–Crippen MR) is 81.8 cm³/mol. The summed E-state index contributed by atoms with van der Waals surface area (Å²) >= 11 is 0. The van der Waals surface area contributed by atoms with Gasteiger partial charge in [0.05, 0.1) is 17.4 Å². The summed E-state index contributed by atoms with van der Waals surface area (Å²) in [5.41, 5.74) is 4.63. The zero-order valence-electron chi connectivity index (χ0n) is 11.9. The molecule has 1 aromatic carbocycles. The van der Waals surface area contributed by atoms with Crippen LogP contribution in [-0.4, -0.2) is 13.1 Å². The third-order valence-electron chi connectivity index (χ3n) is 3.63. The minimum absolute atomic E-state index is 0.299. The van der Waals surface area contributed by atoms with Crippen molar-refractivity contribution < 1.29 is 0 Å². The molecule has 0 saturated heterocycles. The fraction of sp³-hybridized carbons (Fsp3) is 0.294. The lowest BCUT2D eigenvalue weighted by Gasteiger charge is -2.29. The summed E-state index contributed by atoms with van der Waals surface area (Å²) in [4.78, 5) is 0. The van der Waals surface area contributed by atoms with Crippen LogP contribution in [0.5, 0.6) is 0 Å². The maximum absolute atomic E-state index is 4.03. The molecule has 0 amide bonds. The number of hydrogen-bond acceptors (Lipinski definition) is 2. The Morgan fingerprint density at radius 3 is 2.63 bits per heavy atom. The van der Waals surface area contributed by atoms with Crippen molar-refractivity contribution in [3.8, 4) is 0 Å². The van der Waals surface area contributed by atoms with Crippen molar-refractivity contribution in [2.24, 2.45) is 0 Å². The minimum Gasteiger partial charge on any atom is -0.387 e. The molecule has 1 aliphatic heterocycles. The summed E-state index contributed by atoms with van der Waals surface area (Å²) in [6.07, 6.45) is 4.41. The first kappa shape index (κ1) is 13.5. The van der Waals surface area contributed by atoms with E-state index in [1.807, 2.05) is 7.05 Å². The highest BCUT2D eigenvalue weighted by Crippen LogP contribution is 2.25. The van der Waals surface area contributed by atoms with E-state index in [1.165, 1.54) is 11.1 Å². The largest absolute Gasteiger partial charge is 0.387 e. The van der Waals surface area contributed by atoms with Gasteiger partial charge in [0.15, 0.2) is 0 Å². The summed E-state index contributed by atoms with van der Waals surface area (Å²) in [7, 11) is 1.90. The molecule has 0 saturated carbocycles. The maximum atomic E-state index is 4.03. The molecular formula is C17H22N2. The highest BCUT2D eigenvalue weighted by molar-refractivity contribution is 5.39. The summed E-state index contributed by atoms with van der Waals surface area (Å²) < 4.78 is 0. The molecule has 2 atom stereocenters. The van der Waals surface area contributed by atoms with Gasteiger partial charge in [0, 0.05) is 13.0 Å². The molecule has 2 unspecified atom stereocenters. The lowest BCUT2D eigenvalue weighted by atomic mass is 9.90. The standard InChI is InChI=1S/C17H22N2/c1-12-10-16(19-17(11-12)14(3)18-4)13(2)15-8-6-5-7-9-15/h5-11,13,16,18-19H,3H2,1-2,4H3. The number of nitrogens with one attached hydrogen (secondary N) is 2. The average Bonchev–Trinajstić information content (AvgIpc) is 2.45.